The highest BCUT2D eigenvalue weighted by Crippen LogP contribution is 1.93. The first-order chi connectivity index (χ1) is 3.27. The van der Waals surface area contributed by atoms with E-state index in [1.807, 2.05) is 0 Å². The molecule has 0 unspecified atom stereocenters. The van der Waals surface area contributed by atoms with Crippen molar-refractivity contribution in [3.8, 4) is 0 Å². The number of hydrogen-bond acceptors (Lipinski definition) is 1. The van der Waals surface area contributed by atoms with Crippen molar-refractivity contribution in [3.05, 3.63) is 0 Å². The van der Waals surface area contributed by atoms with Crippen molar-refractivity contribution in [2.45, 2.75) is 27.2 Å². The second-order valence-electron chi connectivity index (χ2n) is 1.80. The Morgan fingerprint density at radius 3 is 1.43 bits per heavy atom. The van der Waals surface area contributed by atoms with Crippen LogP contribution in [0.15, 0.2) is 0 Å². The van der Waals surface area contributed by atoms with Gasteiger partial charge in [0, 0.05) is 0 Å². The van der Waals surface area contributed by atoms with Crippen LogP contribution >= 0.6 is 12.6 Å². The van der Waals surface area contributed by atoms with Gasteiger partial charge in [-0.2, -0.15) is 12.6 Å². The lowest BCUT2D eigenvalue weighted by Gasteiger charge is -1.90. The van der Waals surface area contributed by atoms with Crippen molar-refractivity contribution in [2.75, 3.05) is 6.26 Å². The van der Waals surface area contributed by atoms with Crippen molar-refractivity contribution in [2.24, 2.45) is 5.92 Å². The Bertz CT molecular complexity index is 18.1. The van der Waals surface area contributed by atoms with Gasteiger partial charge in [0.2, 0.25) is 0 Å². The van der Waals surface area contributed by atoms with E-state index >= 15 is 0 Å². The number of thiol groups is 1. The molecule has 0 aromatic heterocycles. The average Bonchev–Trinajstić information content (AvgIpc) is 1.73. The van der Waals surface area contributed by atoms with E-state index in [0.717, 1.165) is 5.92 Å². The Morgan fingerprint density at radius 2 is 1.43 bits per heavy atom. The molecule has 0 nitrogen and oxygen atoms in total. The van der Waals surface area contributed by atoms with Gasteiger partial charge < -0.3 is 0 Å². The molecule has 0 N–H and O–H groups in total. The van der Waals surface area contributed by atoms with Crippen LogP contribution in [0.1, 0.15) is 27.2 Å². The lowest BCUT2D eigenvalue weighted by Crippen LogP contribution is -1.77. The standard InChI is InChI=1S/C5H12.CH4S/c1-4-5(2)3;1-2/h5H,4H2,1-3H3;2H,1H3. The Kier molecular flexibility index (Phi) is 14.2. The summed E-state index contributed by atoms with van der Waals surface area (Å²) >= 11 is 3.53. The first kappa shape index (κ1) is 10.4. The third-order valence-corrected chi connectivity index (χ3v) is 0.816. The molecule has 0 radical (unpaired) electrons. The maximum atomic E-state index is 3.53. The smallest absolute Gasteiger partial charge is 0.0215 e. The highest BCUT2D eigenvalue weighted by molar-refractivity contribution is 7.79. The van der Waals surface area contributed by atoms with Gasteiger partial charge in [-0.25, -0.2) is 0 Å². The van der Waals surface area contributed by atoms with Gasteiger partial charge in [-0.05, 0) is 12.2 Å². The van der Waals surface area contributed by atoms with E-state index in [1.54, 1.807) is 6.26 Å². The molecule has 46 valence electrons. The van der Waals surface area contributed by atoms with Crippen molar-refractivity contribution >= 4 is 12.6 Å². The zero-order valence-electron chi connectivity index (χ0n) is 5.73. The molecular weight excluding hydrogens is 104 g/mol. The molecule has 0 aliphatic heterocycles. The molecule has 0 bridgehead atoms. The van der Waals surface area contributed by atoms with Crippen LogP contribution in [0.4, 0.5) is 0 Å². The van der Waals surface area contributed by atoms with Crippen LogP contribution in [0.2, 0.25) is 0 Å². The zero-order valence-corrected chi connectivity index (χ0v) is 6.63. The minimum Gasteiger partial charge on any atom is -0.183 e. The number of hydrogen-bond donors (Lipinski definition) is 1. The number of rotatable bonds is 1. The highest BCUT2D eigenvalue weighted by Gasteiger charge is 1.80. The predicted molar refractivity (Wildman–Crippen MR) is 40.0 cm³/mol. The summed E-state index contributed by atoms with van der Waals surface area (Å²) in [5, 5.41) is 0. The summed E-state index contributed by atoms with van der Waals surface area (Å²) in [6.07, 6.45) is 3.00. The molecule has 0 heterocycles. The molecule has 0 aromatic rings. The third kappa shape index (κ3) is 21.8. The quantitative estimate of drug-likeness (QED) is 0.505. The van der Waals surface area contributed by atoms with E-state index < -0.39 is 0 Å². The minimum atomic E-state index is 0.884. The van der Waals surface area contributed by atoms with Crippen molar-refractivity contribution < 1.29 is 0 Å². The van der Waals surface area contributed by atoms with E-state index in [4.69, 9.17) is 0 Å². The van der Waals surface area contributed by atoms with Crippen LogP contribution < -0.4 is 0 Å². The van der Waals surface area contributed by atoms with Gasteiger partial charge >= 0.3 is 0 Å². The zero-order chi connectivity index (χ0) is 6.28. The molecule has 7 heavy (non-hydrogen) atoms. The summed E-state index contributed by atoms with van der Waals surface area (Å²) in [6.45, 7) is 6.64. The van der Waals surface area contributed by atoms with Crippen LogP contribution in [-0.4, -0.2) is 6.26 Å². The molecular formula is C6H16S. The lowest BCUT2D eigenvalue weighted by atomic mass is 10.2. The van der Waals surface area contributed by atoms with Gasteiger partial charge in [-0.15, -0.1) is 0 Å². The van der Waals surface area contributed by atoms with E-state index in [2.05, 4.69) is 33.4 Å². The van der Waals surface area contributed by atoms with Crippen LogP contribution in [0.3, 0.4) is 0 Å². The maximum Gasteiger partial charge on any atom is -0.0215 e. The fourth-order valence-electron chi connectivity index (χ4n) is 0. The van der Waals surface area contributed by atoms with Gasteiger partial charge in [0.15, 0.2) is 0 Å². The third-order valence-electron chi connectivity index (χ3n) is 0.816. The normalized spacial score (nSPS) is 7.71. The minimum absolute atomic E-state index is 0.884. The Morgan fingerprint density at radius 1 is 1.29 bits per heavy atom. The molecule has 0 atom stereocenters. The topological polar surface area (TPSA) is 0 Å². The fraction of sp³-hybridized carbons (Fsp3) is 1.00. The van der Waals surface area contributed by atoms with Crippen LogP contribution in [0, 0.1) is 5.92 Å². The summed E-state index contributed by atoms with van der Waals surface area (Å²) in [4.78, 5) is 0. The Hall–Kier alpha value is 0.350. The summed E-state index contributed by atoms with van der Waals surface area (Å²) in [6, 6.07) is 0. The van der Waals surface area contributed by atoms with E-state index in [0.29, 0.717) is 0 Å². The van der Waals surface area contributed by atoms with Gasteiger partial charge in [-0.3, -0.25) is 0 Å². The molecule has 0 rings (SSSR count). The van der Waals surface area contributed by atoms with Gasteiger partial charge in [0.25, 0.3) is 0 Å². The monoisotopic (exact) mass is 120 g/mol. The molecule has 1 heteroatoms. The van der Waals surface area contributed by atoms with Crippen molar-refractivity contribution in [1.82, 2.24) is 0 Å². The molecule has 0 spiro atoms. The van der Waals surface area contributed by atoms with Crippen molar-refractivity contribution in [3.63, 3.8) is 0 Å². The van der Waals surface area contributed by atoms with Crippen LogP contribution in [0.25, 0.3) is 0 Å². The second kappa shape index (κ2) is 9.61. The van der Waals surface area contributed by atoms with Crippen LogP contribution in [0.5, 0.6) is 0 Å². The SMILES string of the molecule is CCC(C)C.CS. The average molecular weight is 120 g/mol. The second-order valence-corrected chi connectivity index (χ2v) is 1.80. The summed E-state index contributed by atoms with van der Waals surface area (Å²) in [5.41, 5.74) is 0. The highest BCUT2D eigenvalue weighted by atomic mass is 32.1. The van der Waals surface area contributed by atoms with Gasteiger partial charge in [0.05, 0.1) is 0 Å². The van der Waals surface area contributed by atoms with E-state index in [-0.39, 0.29) is 0 Å². The predicted octanol–water partition coefficient (Wildman–Crippen LogP) is 2.60. The first-order valence-corrected chi connectivity index (χ1v) is 3.61. The molecule has 0 saturated carbocycles. The largest absolute Gasteiger partial charge is 0.183 e. The Labute approximate surface area is 52.7 Å². The van der Waals surface area contributed by atoms with Gasteiger partial charge in [0.1, 0.15) is 0 Å². The van der Waals surface area contributed by atoms with E-state index in [9.17, 15) is 0 Å². The molecule has 0 aliphatic carbocycles. The molecule has 0 aliphatic rings. The summed E-state index contributed by atoms with van der Waals surface area (Å²) in [5.74, 6) is 0.884. The van der Waals surface area contributed by atoms with Gasteiger partial charge in [-0.1, -0.05) is 27.2 Å². The van der Waals surface area contributed by atoms with Crippen molar-refractivity contribution in [1.29, 1.82) is 0 Å². The summed E-state index contributed by atoms with van der Waals surface area (Å²) < 4.78 is 0. The Balaban J connectivity index is 0. The molecule has 0 aromatic carbocycles. The first-order valence-electron chi connectivity index (χ1n) is 2.72. The molecule has 0 amide bonds. The maximum absolute atomic E-state index is 3.53. The lowest BCUT2D eigenvalue weighted by molar-refractivity contribution is 0.626. The summed E-state index contributed by atoms with van der Waals surface area (Å²) in [7, 11) is 0. The van der Waals surface area contributed by atoms with E-state index in [1.165, 1.54) is 6.42 Å². The molecule has 0 saturated heterocycles. The fourth-order valence-corrected chi connectivity index (χ4v) is 0. The molecule has 0 fully saturated rings. The van der Waals surface area contributed by atoms with Crippen LogP contribution in [-0.2, 0) is 0 Å².